The van der Waals surface area contributed by atoms with Crippen LogP contribution >= 0.6 is 0 Å². The smallest absolute Gasteiger partial charge is 0.311 e. The Kier molecular flexibility index (Phi) is 4.12. The molecule has 0 heterocycles. The highest BCUT2D eigenvalue weighted by molar-refractivity contribution is 5.75. The second kappa shape index (κ2) is 5.80. The van der Waals surface area contributed by atoms with Crippen LogP contribution in [0, 0.1) is 10.1 Å². The van der Waals surface area contributed by atoms with Crippen LogP contribution in [0.5, 0.6) is 0 Å². The van der Waals surface area contributed by atoms with Gasteiger partial charge in [0.1, 0.15) is 0 Å². The van der Waals surface area contributed by atoms with Crippen molar-refractivity contribution < 1.29 is 9.66 Å². The summed E-state index contributed by atoms with van der Waals surface area (Å²) in [4.78, 5) is 10.9. The van der Waals surface area contributed by atoms with Gasteiger partial charge in [0.15, 0.2) is 0 Å². The minimum atomic E-state index is -1.39. The molecular weight excluding hydrogens is 242 g/mol. The number of nitrogens with zero attached hydrogens (tertiary/aromatic N) is 1. The molecule has 0 aliphatic heterocycles. The average Bonchev–Trinajstić information content (AvgIpc) is 2.46. The summed E-state index contributed by atoms with van der Waals surface area (Å²) in [5.41, 5.74) is 0.665. The number of hydrogen-bond donors (Lipinski definition) is 0. The van der Waals surface area contributed by atoms with Crippen LogP contribution in [0.3, 0.4) is 0 Å². The van der Waals surface area contributed by atoms with E-state index in [4.69, 9.17) is 4.74 Å². The number of rotatable bonds is 5. The topological polar surface area (TPSA) is 52.4 Å². The predicted molar refractivity (Wildman–Crippen MR) is 74.1 cm³/mol. The van der Waals surface area contributed by atoms with E-state index in [0.717, 1.165) is 17.6 Å². The second-order valence-electron chi connectivity index (χ2n) is 4.51. The van der Waals surface area contributed by atoms with Gasteiger partial charge >= 0.3 is 5.72 Å². The largest absolute Gasteiger partial charge is 0.348 e. The van der Waals surface area contributed by atoms with Gasteiger partial charge in [-0.15, -0.1) is 0 Å². The van der Waals surface area contributed by atoms with Gasteiger partial charge in [0.25, 0.3) is 0 Å². The molecule has 1 aliphatic carbocycles. The molecule has 0 bridgehead atoms. The van der Waals surface area contributed by atoms with Crippen LogP contribution in [0.1, 0.15) is 25.3 Å². The fraction of sp³-hybridized carbons (Fsp3) is 0.333. The Morgan fingerprint density at radius 2 is 2.11 bits per heavy atom. The lowest BCUT2D eigenvalue weighted by atomic mass is 9.95. The number of benzene rings is 1. The molecule has 0 aromatic heterocycles. The lowest BCUT2D eigenvalue weighted by molar-refractivity contribution is -0.612. The molecule has 4 nitrogen and oxygen atoms in total. The number of nitro groups is 1. The zero-order chi connectivity index (χ0) is 13.7. The second-order valence-corrected chi connectivity index (χ2v) is 4.51. The fourth-order valence-corrected chi connectivity index (χ4v) is 2.03. The molecular formula is C15H17NO3. The zero-order valence-electron chi connectivity index (χ0n) is 10.9. The lowest BCUT2D eigenvalue weighted by Crippen LogP contribution is -2.40. The van der Waals surface area contributed by atoms with E-state index < -0.39 is 5.72 Å². The van der Waals surface area contributed by atoms with Gasteiger partial charge in [-0.05, 0) is 23.6 Å². The molecule has 1 unspecified atom stereocenters. The summed E-state index contributed by atoms with van der Waals surface area (Å²) >= 11 is 0. The molecule has 19 heavy (non-hydrogen) atoms. The first kappa shape index (κ1) is 13.5. The van der Waals surface area contributed by atoms with E-state index in [-0.39, 0.29) is 11.3 Å². The SMILES string of the molecule is CCCOC1([N+](=O)[O-])C=CC(c2ccccc2)=CC1. The summed E-state index contributed by atoms with van der Waals surface area (Å²) in [7, 11) is 0. The average molecular weight is 259 g/mol. The van der Waals surface area contributed by atoms with E-state index in [1.165, 1.54) is 0 Å². The molecule has 0 fully saturated rings. The summed E-state index contributed by atoms with van der Waals surface area (Å²) in [5, 5.41) is 11.2. The summed E-state index contributed by atoms with van der Waals surface area (Å²) in [6.45, 7) is 2.32. The van der Waals surface area contributed by atoms with E-state index in [0.29, 0.717) is 6.61 Å². The highest BCUT2D eigenvalue weighted by atomic mass is 16.7. The maximum absolute atomic E-state index is 11.2. The molecule has 0 saturated carbocycles. The van der Waals surface area contributed by atoms with Crippen LogP contribution in [-0.4, -0.2) is 17.3 Å². The predicted octanol–water partition coefficient (Wildman–Crippen LogP) is 3.43. The van der Waals surface area contributed by atoms with Gasteiger partial charge in [0.05, 0.1) is 18.0 Å². The van der Waals surface area contributed by atoms with Crippen LogP contribution in [0.4, 0.5) is 0 Å². The van der Waals surface area contributed by atoms with Gasteiger partial charge in [-0.1, -0.05) is 43.3 Å². The Bertz CT molecular complexity index is 507. The Morgan fingerprint density at radius 1 is 1.37 bits per heavy atom. The van der Waals surface area contributed by atoms with Crippen molar-refractivity contribution in [2.24, 2.45) is 0 Å². The minimum Gasteiger partial charge on any atom is -0.311 e. The molecule has 0 saturated heterocycles. The monoisotopic (exact) mass is 259 g/mol. The molecule has 1 atom stereocenters. The Balaban J connectivity index is 2.18. The van der Waals surface area contributed by atoms with Gasteiger partial charge in [-0.2, -0.15) is 0 Å². The van der Waals surface area contributed by atoms with E-state index >= 15 is 0 Å². The minimum absolute atomic E-state index is 0.265. The summed E-state index contributed by atoms with van der Waals surface area (Å²) in [6.07, 6.45) is 6.23. The molecule has 0 N–H and O–H groups in total. The van der Waals surface area contributed by atoms with Gasteiger partial charge in [0.2, 0.25) is 0 Å². The van der Waals surface area contributed by atoms with Gasteiger partial charge < -0.3 is 4.74 Å². The maximum atomic E-state index is 11.2. The summed E-state index contributed by atoms with van der Waals surface area (Å²) in [5.74, 6) is 0. The molecule has 2 rings (SSSR count). The number of hydrogen-bond acceptors (Lipinski definition) is 3. The molecule has 4 heteroatoms. The zero-order valence-corrected chi connectivity index (χ0v) is 10.9. The first-order chi connectivity index (χ1) is 9.18. The highest BCUT2D eigenvalue weighted by Crippen LogP contribution is 2.30. The molecule has 0 spiro atoms. The molecule has 1 aromatic carbocycles. The normalized spacial score (nSPS) is 22.1. The van der Waals surface area contributed by atoms with Crippen molar-refractivity contribution in [3.05, 3.63) is 64.2 Å². The van der Waals surface area contributed by atoms with E-state index in [9.17, 15) is 10.1 Å². The number of ether oxygens (including phenoxy) is 1. The van der Waals surface area contributed by atoms with Crippen LogP contribution in [0.25, 0.3) is 5.57 Å². The van der Waals surface area contributed by atoms with Crippen molar-refractivity contribution in [2.45, 2.75) is 25.5 Å². The molecule has 100 valence electrons. The Morgan fingerprint density at radius 3 is 2.63 bits per heavy atom. The highest BCUT2D eigenvalue weighted by Gasteiger charge is 2.41. The third-order valence-electron chi connectivity index (χ3n) is 3.11. The molecule has 0 radical (unpaired) electrons. The van der Waals surface area contributed by atoms with Crippen molar-refractivity contribution >= 4 is 5.57 Å². The van der Waals surface area contributed by atoms with Crippen LogP contribution in [-0.2, 0) is 4.74 Å². The quantitative estimate of drug-likeness (QED) is 0.462. The fourth-order valence-electron chi connectivity index (χ4n) is 2.03. The van der Waals surface area contributed by atoms with Crippen LogP contribution in [0.2, 0.25) is 0 Å². The lowest BCUT2D eigenvalue weighted by Gasteiger charge is -2.24. The van der Waals surface area contributed by atoms with Gasteiger partial charge in [0, 0.05) is 6.08 Å². The third kappa shape index (κ3) is 2.90. The summed E-state index contributed by atoms with van der Waals surface area (Å²) < 4.78 is 5.43. The molecule has 1 aliphatic rings. The van der Waals surface area contributed by atoms with Crippen molar-refractivity contribution in [1.29, 1.82) is 0 Å². The number of allylic oxidation sites excluding steroid dienone is 2. The van der Waals surface area contributed by atoms with E-state index in [2.05, 4.69) is 0 Å². The van der Waals surface area contributed by atoms with E-state index in [1.54, 1.807) is 12.2 Å². The Hall–Kier alpha value is -1.94. The Labute approximate surface area is 112 Å². The first-order valence-corrected chi connectivity index (χ1v) is 6.41. The van der Waals surface area contributed by atoms with Crippen molar-refractivity contribution in [1.82, 2.24) is 0 Å². The molecule has 1 aromatic rings. The van der Waals surface area contributed by atoms with Crippen LogP contribution < -0.4 is 0 Å². The van der Waals surface area contributed by atoms with Crippen molar-refractivity contribution in [3.63, 3.8) is 0 Å². The maximum Gasteiger partial charge on any atom is 0.348 e. The summed E-state index contributed by atoms with van der Waals surface area (Å²) in [6, 6.07) is 9.83. The molecule has 0 amide bonds. The van der Waals surface area contributed by atoms with Gasteiger partial charge in [-0.3, -0.25) is 10.1 Å². The van der Waals surface area contributed by atoms with E-state index in [1.807, 2.05) is 43.3 Å². The standard InChI is InChI=1S/C15H17NO3/c1-2-12-19-15(16(17)18)10-8-14(9-11-15)13-6-4-3-5-7-13/h3-10H,2,11-12H2,1H3. The van der Waals surface area contributed by atoms with Crippen molar-refractivity contribution in [3.8, 4) is 0 Å². The van der Waals surface area contributed by atoms with Crippen LogP contribution in [0.15, 0.2) is 48.6 Å². The van der Waals surface area contributed by atoms with Gasteiger partial charge in [-0.25, -0.2) is 0 Å². The third-order valence-corrected chi connectivity index (χ3v) is 3.11. The van der Waals surface area contributed by atoms with Crippen molar-refractivity contribution in [2.75, 3.05) is 6.61 Å². The first-order valence-electron chi connectivity index (χ1n) is 6.41.